The van der Waals surface area contributed by atoms with E-state index in [0.29, 0.717) is 6.61 Å². The Morgan fingerprint density at radius 1 is 0.862 bits per heavy atom. The maximum atomic E-state index is 6.20. The summed E-state index contributed by atoms with van der Waals surface area (Å²) in [6, 6.07) is 24.5. The van der Waals surface area contributed by atoms with E-state index < -0.39 is 5.54 Å². The van der Waals surface area contributed by atoms with E-state index in [9.17, 15) is 0 Å². The molecule has 0 aliphatic carbocycles. The van der Waals surface area contributed by atoms with Crippen LogP contribution in [0.4, 0.5) is 0 Å². The number of rotatable bonds is 1. The molecule has 3 heterocycles. The third-order valence-corrected chi connectivity index (χ3v) is 5.66. The summed E-state index contributed by atoms with van der Waals surface area (Å²) in [5.74, 6) is 1.55. The smallest absolute Gasteiger partial charge is 0.283 e. The Bertz CT molecular complexity index is 1310. The highest BCUT2D eigenvalue weighted by atomic mass is 16.5. The number of nitrogens with two attached hydrogens (primary N) is 1. The van der Waals surface area contributed by atoms with Crippen molar-refractivity contribution in [2.24, 2.45) is 10.7 Å². The Balaban J connectivity index is 1.61. The number of fused-ring (bicyclic) bond motifs is 5. The molecule has 0 bridgehead atoms. The van der Waals surface area contributed by atoms with Crippen LogP contribution >= 0.6 is 0 Å². The van der Waals surface area contributed by atoms with Gasteiger partial charge in [0, 0.05) is 22.7 Å². The van der Waals surface area contributed by atoms with Gasteiger partial charge in [0.05, 0.1) is 5.52 Å². The van der Waals surface area contributed by atoms with Crippen LogP contribution in [0.1, 0.15) is 11.1 Å². The Hall–Kier alpha value is -3.86. The van der Waals surface area contributed by atoms with Gasteiger partial charge in [-0.05, 0) is 41.5 Å². The highest BCUT2D eigenvalue weighted by Gasteiger charge is 2.46. The summed E-state index contributed by atoms with van der Waals surface area (Å²) in [6.07, 6.45) is 1.81. The lowest BCUT2D eigenvalue weighted by Crippen LogP contribution is -2.31. The molecule has 1 aromatic heterocycles. The predicted molar refractivity (Wildman–Crippen MR) is 112 cm³/mol. The monoisotopic (exact) mass is 379 g/mol. The number of ether oxygens (including phenoxy) is 2. The van der Waals surface area contributed by atoms with Gasteiger partial charge in [-0.2, -0.15) is 0 Å². The van der Waals surface area contributed by atoms with Crippen molar-refractivity contribution in [2.75, 3.05) is 6.61 Å². The van der Waals surface area contributed by atoms with Gasteiger partial charge in [0.1, 0.15) is 18.1 Å². The minimum Gasteiger partial charge on any atom is -0.462 e. The van der Waals surface area contributed by atoms with Crippen molar-refractivity contribution < 1.29 is 9.47 Å². The van der Waals surface area contributed by atoms with Crippen molar-refractivity contribution in [3.63, 3.8) is 0 Å². The molecule has 5 heteroatoms. The zero-order chi connectivity index (χ0) is 19.4. The van der Waals surface area contributed by atoms with Crippen LogP contribution in [0, 0.1) is 0 Å². The molecule has 1 spiro atoms. The second-order valence-corrected chi connectivity index (χ2v) is 7.28. The minimum absolute atomic E-state index is 0.201. The molecule has 0 amide bonds. The lowest BCUT2D eigenvalue weighted by molar-refractivity contribution is 0.264. The van der Waals surface area contributed by atoms with Gasteiger partial charge >= 0.3 is 0 Å². The second kappa shape index (κ2) is 5.82. The van der Waals surface area contributed by atoms with Gasteiger partial charge in [0.25, 0.3) is 6.02 Å². The average molecular weight is 379 g/mol. The van der Waals surface area contributed by atoms with Gasteiger partial charge in [0.15, 0.2) is 5.54 Å². The SMILES string of the molecule is NC1=N[C@]2(CO1)c1ccccc1Oc1ccc(-c3cccc4ncccc34)cc12. The quantitative estimate of drug-likeness (QED) is 0.525. The fourth-order valence-electron chi connectivity index (χ4n) is 4.33. The first-order valence-corrected chi connectivity index (χ1v) is 9.49. The summed E-state index contributed by atoms with van der Waals surface area (Å²) in [4.78, 5) is 9.22. The number of amidine groups is 1. The number of benzene rings is 3. The van der Waals surface area contributed by atoms with Crippen LogP contribution in [-0.4, -0.2) is 17.6 Å². The molecule has 2 aliphatic heterocycles. The molecule has 29 heavy (non-hydrogen) atoms. The highest BCUT2D eigenvalue weighted by Crippen LogP contribution is 2.51. The Morgan fingerprint density at radius 3 is 2.66 bits per heavy atom. The average Bonchev–Trinajstić information content (AvgIpc) is 3.16. The van der Waals surface area contributed by atoms with E-state index in [1.54, 1.807) is 0 Å². The van der Waals surface area contributed by atoms with E-state index in [1.807, 2.05) is 54.7 Å². The number of aromatic nitrogens is 1. The Morgan fingerprint density at radius 2 is 1.76 bits per heavy atom. The number of nitrogens with zero attached hydrogens (tertiary/aromatic N) is 2. The van der Waals surface area contributed by atoms with Gasteiger partial charge in [-0.25, -0.2) is 4.99 Å². The zero-order valence-corrected chi connectivity index (χ0v) is 15.5. The number of para-hydroxylation sites is 1. The van der Waals surface area contributed by atoms with E-state index in [2.05, 4.69) is 29.2 Å². The summed E-state index contributed by atoms with van der Waals surface area (Å²) in [5.41, 5.74) is 10.3. The molecule has 4 aromatic rings. The van der Waals surface area contributed by atoms with Crippen molar-refractivity contribution in [1.29, 1.82) is 0 Å². The molecule has 2 N–H and O–H groups in total. The number of hydrogen-bond donors (Lipinski definition) is 1. The van der Waals surface area contributed by atoms with Crippen molar-refractivity contribution in [3.8, 4) is 22.6 Å². The third-order valence-electron chi connectivity index (χ3n) is 5.66. The molecule has 1 atom stereocenters. The summed E-state index contributed by atoms with van der Waals surface area (Å²) in [7, 11) is 0. The van der Waals surface area contributed by atoms with Crippen molar-refractivity contribution in [1.82, 2.24) is 4.98 Å². The minimum atomic E-state index is -0.701. The molecule has 5 nitrogen and oxygen atoms in total. The van der Waals surface area contributed by atoms with Crippen LogP contribution in [0.25, 0.3) is 22.0 Å². The van der Waals surface area contributed by atoms with Crippen molar-refractivity contribution in [2.45, 2.75) is 5.54 Å². The van der Waals surface area contributed by atoms with Crippen molar-refractivity contribution >= 4 is 16.9 Å². The van der Waals surface area contributed by atoms with E-state index in [1.165, 1.54) is 0 Å². The zero-order valence-electron chi connectivity index (χ0n) is 15.5. The first-order chi connectivity index (χ1) is 14.2. The molecule has 2 aliphatic rings. The molecule has 0 fully saturated rings. The van der Waals surface area contributed by atoms with Crippen LogP contribution in [0.2, 0.25) is 0 Å². The third kappa shape index (κ3) is 2.27. The molecule has 3 aromatic carbocycles. The van der Waals surface area contributed by atoms with Crippen LogP contribution in [0.3, 0.4) is 0 Å². The lowest BCUT2D eigenvalue weighted by atomic mass is 9.80. The summed E-state index contributed by atoms with van der Waals surface area (Å²) in [6.45, 7) is 0.354. The Kier molecular flexibility index (Phi) is 3.23. The molecule has 0 radical (unpaired) electrons. The molecular formula is C24H17N3O2. The van der Waals surface area contributed by atoms with Gasteiger partial charge in [-0.1, -0.05) is 42.5 Å². The molecule has 6 rings (SSSR count). The molecule has 0 unspecified atom stereocenters. The fraction of sp³-hybridized carbons (Fsp3) is 0.0833. The van der Waals surface area contributed by atoms with E-state index in [0.717, 1.165) is 44.7 Å². The number of aliphatic imine (C=N–C) groups is 1. The first kappa shape index (κ1) is 16.1. The highest BCUT2D eigenvalue weighted by molar-refractivity contribution is 5.95. The normalized spacial score (nSPS) is 19.2. The second-order valence-electron chi connectivity index (χ2n) is 7.28. The largest absolute Gasteiger partial charge is 0.462 e. The lowest BCUT2D eigenvalue weighted by Gasteiger charge is -2.33. The number of pyridine rings is 1. The van der Waals surface area contributed by atoms with Crippen LogP contribution in [0.5, 0.6) is 11.5 Å². The first-order valence-electron chi connectivity index (χ1n) is 9.49. The van der Waals surface area contributed by atoms with Gasteiger partial charge < -0.3 is 15.2 Å². The maximum Gasteiger partial charge on any atom is 0.283 e. The van der Waals surface area contributed by atoms with Gasteiger partial charge in [-0.3, -0.25) is 4.98 Å². The topological polar surface area (TPSA) is 69.7 Å². The maximum absolute atomic E-state index is 6.20. The van der Waals surface area contributed by atoms with Gasteiger partial charge in [-0.15, -0.1) is 0 Å². The fourth-order valence-corrected chi connectivity index (χ4v) is 4.33. The van der Waals surface area contributed by atoms with Crippen LogP contribution in [0.15, 0.2) is 84.0 Å². The number of hydrogen-bond acceptors (Lipinski definition) is 5. The van der Waals surface area contributed by atoms with Crippen LogP contribution < -0.4 is 10.5 Å². The summed E-state index contributed by atoms with van der Waals surface area (Å²) < 4.78 is 11.8. The van der Waals surface area contributed by atoms with E-state index in [-0.39, 0.29) is 6.02 Å². The predicted octanol–water partition coefficient (Wildman–Crippen LogP) is 4.60. The summed E-state index contributed by atoms with van der Waals surface area (Å²) in [5, 5.41) is 1.10. The van der Waals surface area contributed by atoms with Gasteiger partial charge in [0.2, 0.25) is 0 Å². The molecular weight excluding hydrogens is 362 g/mol. The van der Waals surface area contributed by atoms with E-state index in [4.69, 9.17) is 20.2 Å². The molecule has 0 saturated carbocycles. The molecule has 140 valence electrons. The van der Waals surface area contributed by atoms with Crippen LogP contribution in [-0.2, 0) is 10.3 Å². The molecule has 0 saturated heterocycles. The van der Waals surface area contributed by atoms with E-state index >= 15 is 0 Å². The Labute approximate surface area is 167 Å². The summed E-state index contributed by atoms with van der Waals surface area (Å²) >= 11 is 0. The standard InChI is InChI=1S/C24H17N3O2/c25-23-27-24(14-28-23)18-7-1-2-9-21(18)29-22-11-10-15(13-19(22)24)16-5-3-8-20-17(16)6-4-12-26-20/h1-13H,14H2,(H2,25,27)/t24-/m1/s1. The van der Waals surface area contributed by atoms with Crippen molar-refractivity contribution in [3.05, 3.63) is 90.1 Å².